The molecule has 29 heavy (non-hydrogen) atoms. The van der Waals surface area contributed by atoms with E-state index in [4.69, 9.17) is 4.74 Å². The van der Waals surface area contributed by atoms with Gasteiger partial charge in [0.1, 0.15) is 11.6 Å². The van der Waals surface area contributed by atoms with E-state index in [0.717, 1.165) is 47.5 Å². The third-order valence-corrected chi connectivity index (χ3v) is 5.03. The van der Waals surface area contributed by atoms with Crippen molar-refractivity contribution in [1.29, 1.82) is 0 Å². The number of carbonyl (C=O) groups is 1. The van der Waals surface area contributed by atoms with Crippen LogP contribution >= 0.6 is 11.8 Å². The monoisotopic (exact) mass is 410 g/mol. The Hall–Kier alpha value is -2.80. The molecule has 2 N–H and O–H groups in total. The maximum atomic E-state index is 12.3. The van der Waals surface area contributed by atoms with Gasteiger partial charge in [0.05, 0.1) is 17.9 Å². The Morgan fingerprint density at radius 1 is 1.07 bits per heavy atom. The summed E-state index contributed by atoms with van der Waals surface area (Å²) < 4.78 is 5.41. The van der Waals surface area contributed by atoms with Crippen LogP contribution in [0.4, 0.5) is 11.5 Å². The van der Waals surface area contributed by atoms with Gasteiger partial charge in [0, 0.05) is 17.6 Å². The molecule has 1 amide bonds. The van der Waals surface area contributed by atoms with Crippen LogP contribution in [-0.2, 0) is 4.79 Å². The summed E-state index contributed by atoms with van der Waals surface area (Å²) in [5.74, 6) is 1.74. The number of aromatic nitrogens is 2. The predicted molar refractivity (Wildman–Crippen MR) is 120 cm³/mol. The number of benzene rings is 2. The number of hydrogen-bond acceptors (Lipinski definition) is 6. The highest BCUT2D eigenvalue weighted by Gasteiger charge is 2.10. The Bertz CT molecular complexity index is 947. The van der Waals surface area contributed by atoms with Crippen LogP contribution in [0, 0.1) is 0 Å². The predicted octanol–water partition coefficient (Wildman–Crippen LogP) is 4.97. The van der Waals surface area contributed by atoms with Crippen molar-refractivity contribution in [3.8, 4) is 5.75 Å². The van der Waals surface area contributed by atoms with Crippen LogP contribution in [0.2, 0.25) is 0 Å². The molecule has 0 saturated carbocycles. The minimum Gasteiger partial charge on any atom is -0.494 e. The van der Waals surface area contributed by atoms with E-state index in [9.17, 15) is 4.79 Å². The zero-order valence-electron chi connectivity index (χ0n) is 16.8. The zero-order chi connectivity index (χ0) is 20.5. The summed E-state index contributed by atoms with van der Waals surface area (Å²) in [7, 11) is 0. The van der Waals surface area contributed by atoms with E-state index in [1.807, 2.05) is 55.5 Å². The molecule has 1 aromatic heterocycles. The molecule has 0 spiro atoms. The molecule has 0 atom stereocenters. The second-order valence-corrected chi connectivity index (χ2v) is 7.39. The smallest absolute Gasteiger partial charge is 0.234 e. The minimum absolute atomic E-state index is 0.101. The number of nitrogens with zero attached hydrogens (tertiary/aromatic N) is 2. The molecule has 1 heterocycles. The third kappa shape index (κ3) is 6.09. The van der Waals surface area contributed by atoms with Gasteiger partial charge in [-0.2, -0.15) is 0 Å². The number of rotatable bonds is 10. The molecule has 0 aliphatic carbocycles. The summed E-state index contributed by atoms with van der Waals surface area (Å²) in [6, 6.07) is 15.3. The van der Waals surface area contributed by atoms with Gasteiger partial charge in [0.25, 0.3) is 0 Å². The molecule has 3 rings (SSSR count). The Morgan fingerprint density at radius 2 is 1.86 bits per heavy atom. The maximum absolute atomic E-state index is 12.3. The second kappa shape index (κ2) is 10.7. The number of fused-ring (bicyclic) bond motifs is 1. The number of amides is 1. The molecule has 0 saturated heterocycles. The van der Waals surface area contributed by atoms with E-state index < -0.39 is 0 Å². The molecule has 7 heteroatoms. The van der Waals surface area contributed by atoms with Gasteiger partial charge in [-0.05, 0) is 49.7 Å². The van der Waals surface area contributed by atoms with Crippen molar-refractivity contribution in [2.75, 3.05) is 29.5 Å². The largest absolute Gasteiger partial charge is 0.494 e. The van der Waals surface area contributed by atoms with E-state index in [-0.39, 0.29) is 11.7 Å². The summed E-state index contributed by atoms with van der Waals surface area (Å²) >= 11 is 1.33. The molecule has 0 aliphatic heterocycles. The lowest BCUT2D eigenvalue weighted by Gasteiger charge is -2.10. The summed E-state index contributed by atoms with van der Waals surface area (Å²) in [4.78, 5) is 21.5. The van der Waals surface area contributed by atoms with Crippen molar-refractivity contribution in [3.63, 3.8) is 0 Å². The second-order valence-electron chi connectivity index (χ2n) is 6.45. The molecule has 0 bridgehead atoms. The van der Waals surface area contributed by atoms with Gasteiger partial charge in [0.15, 0.2) is 5.16 Å². The number of anilines is 2. The number of thioether (sulfide) groups is 1. The van der Waals surface area contributed by atoms with Crippen LogP contribution in [0.5, 0.6) is 5.75 Å². The van der Waals surface area contributed by atoms with Crippen molar-refractivity contribution in [3.05, 3.63) is 48.5 Å². The van der Waals surface area contributed by atoms with Crippen molar-refractivity contribution in [2.24, 2.45) is 0 Å². The van der Waals surface area contributed by atoms with Crippen LogP contribution in [0.25, 0.3) is 10.9 Å². The molecule has 0 unspecified atom stereocenters. The number of unbranched alkanes of at least 4 members (excludes halogenated alkanes) is 1. The topological polar surface area (TPSA) is 76.1 Å². The SMILES string of the molecule is CCCCNc1nc(SCC(=O)Nc2ccc(OCC)cc2)nc2ccccc12. The summed E-state index contributed by atoms with van der Waals surface area (Å²) in [6.07, 6.45) is 2.19. The lowest BCUT2D eigenvalue weighted by molar-refractivity contribution is -0.113. The fourth-order valence-electron chi connectivity index (χ4n) is 2.77. The first kappa shape index (κ1) is 20.9. The zero-order valence-corrected chi connectivity index (χ0v) is 17.6. The van der Waals surface area contributed by atoms with Crippen molar-refractivity contribution >= 4 is 40.1 Å². The van der Waals surface area contributed by atoms with Crippen LogP contribution in [0.3, 0.4) is 0 Å². The first-order chi connectivity index (χ1) is 14.2. The Balaban J connectivity index is 1.63. The average Bonchev–Trinajstić information content (AvgIpc) is 2.74. The third-order valence-electron chi connectivity index (χ3n) is 4.19. The highest BCUT2D eigenvalue weighted by molar-refractivity contribution is 7.99. The van der Waals surface area contributed by atoms with Gasteiger partial charge in [0.2, 0.25) is 5.91 Å². The van der Waals surface area contributed by atoms with Crippen molar-refractivity contribution in [2.45, 2.75) is 31.8 Å². The van der Waals surface area contributed by atoms with Crippen LogP contribution in [0.15, 0.2) is 53.7 Å². The van der Waals surface area contributed by atoms with Gasteiger partial charge in [-0.1, -0.05) is 37.2 Å². The van der Waals surface area contributed by atoms with E-state index in [0.29, 0.717) is 11.8 Å². The number of carbonyl (C=O) groups excluding carboxylic acids is 1. The van der Waals surface area contributed by atoms with E-state index in [1.165, 1.54) is 11.8 Å². The minimum atomic E-state index is -0.101. The molecule has 152 valence electrons. The van der Waals surface area contributed by atoms with Crippen molar-refractivity contribution in [1.82, 2.24) is 9.97 Å². The Labute approximate surface area is 175 Å². The van der Waals surface area contributed by atoms with Gasteiger partial charge in [-0.15, -0.1) is 0 Å². The Morgan fingerprint density at radius 3 is 2.62 bits per heavy atom. The summed E-state index contributed by atoms with van der Waals surface area (Å²) in [5.41, 5.74) is 1.61. The molecular weight excluding hydrogens is 384 g/mol. The molecule has 6 nitrogen and oxygen atoms in total. The van der Waals surface area contributed by atoms with E-state index >= 15 is 0 Å². The molecule has 0 fully saturated rings. The fraction of sp³-hybridized carbons (Fsp3) is 0.318. The number of para-hydroxylation sites is 1. The average molecular weight is 411 g/mol. The lowest BCUT2D eigenvalue weighted by atomic mass is 10.2. The first-order valence-corrected chi connectivity index (χ1v) is 10.8. The Kier molecular flexibility index (Phi) is 7.69. The van der Waals surface area contributed by atoms with Gasteiger partial charge >= 0.3 is 0 Å². The van der Waals surface area contributed by atoms with Crippen LogP contribution in [0.1, 0.15) is 26.7 Å². The lowest BCUT2D eigenvalue weighted by Crippen LogP contribution is -2.14. The van der Waals surface area contributed by atoms with Crippen LogP contribution < -0.4 is 15.4 Å². The molecule has 3 aromatic rings. The molecule has 2 aromatic carbocycles. The number of ether oxygens (including phenoxy) is 1. The highest BCUT2D eigenvalue weighted by atomic mass is 32.2. The normalized spacial score (nSPS) is 10.7. The van der Waals surface area contributed by atoms with Gasteiger partial charge < -0.3 is 15.4 Å². The van der Waals surface area contributed by atoms with Crippen molar-refractivity contribution < 1.29 is 9.53 Å². The molecule has 0 radical (unpaired) electrons. The van der Waals surface area contributed by atoms with Gasteiger partial charge in [-0.25, -0.2) is 9.97 Å². The quantitative estimate of drug-likeness (QED) is 0.279. The molecular formula is C22H26N4O2S. The number of hydrogen-bond donors (Lipinski definition) is 2. The summed E-state index contributed by atoms with van der Waals surface area (Å²) in [6.45, 7) is 5.57. The first-order valence-electron chi connectivity index (χ1n) is 9.85. The highest BCUT2D eigenvalue weighted by Crippen LogP contribution is 2.24. The van der Waals surface area contributed by atoms with Crippen LogP contribution in [-0.4, -0.2) is 34.8 Å². The summed E-state index contributed by atoms with van der Waals surface area (Å²) in [5, 5.41) is 7.86. The number of nitrogens with one attached hydrogen (secondary N) is 2. The fourth-order valence-corrected chi connectivity index (χ4v) is 3.42. The molecule has 0 aliphatic rings. The van der Waals surface area contributed by atoms with E-state index in [1.54, 1.807) is 0 Å². The van der Waals surface area contributed by atoms with E-state index in [2.05, 4.69) is 27.5 Å². The van der Waals surface area contributed by atoms with Gasteiger partial charge in [-0.3, -0.25) is 4.79 Å². The maximum Gasteiger partial charge on any atom is 0.234 e. The standard InChI is InChI=1S/C22H26N4O2S/c1-3-5-14-23-21-18-8-6-7-9-19(18)25-22(26-21)29-15-20(27)24-16-10-12-17(13-11-16)28-4-2/h6-13H,3-5,14-15H2,1-2H3,(H,24,27)(H,23,25,26).